The Kier molecular flexibility index (Phi) is 3.83. The molecule has 0 spiro atoms. The van der Waals surface area contributed by atoms with E-state index in [1.807, 2.05) is 0 Å². The van der Waals surface area contributed by atoms with Gasteiger partial charge in [0.25, 0.3) is 0 Å². The summed E-state index contributed by atoms with van der Waals surface area (Å²) in [5.41, 5.74) is -4.88. The molecule has 0 fully saturated rings. The van der Waals surface area contributed by atoms with Gasteiger partial charge in [-0.15, -0.1) is 0 Å². The van der Waals surface area contributed by atoms with Crippen LogP contribution >= 0.6 is 11.8 Å². The first kappa shape index (κ1) is 15.9. The monoisotopic (exact) mass is 337 g/mol. The van der Waals surface area contributed by atoms with Crippen molar-refractivity contribution < 1.29 is 21.6 Å². The molecule has 0 atom stereocenters. The number of thioether (sulfide) groups is 1. The first-order chi connectivity index (χ1) is 9.49. The molecule has 0 radical (unpaired) electrons. The fourth-order valence-electron chi connectivity index (χ4n) is 2.02. The largest absolute Gasteiger partial charge is 0.446 e. The van der Waals surface area contributed by atoms with Gasteiger partial charge in [0, 0.05) is 22.2 Å². The Balaban J connectivity index is 2.71. The van der Waals surface area contributed by atoms with Crippen molar-refractivity contribution >= 4 is 32.5 Å². The molecule has 4 nitrogen and oxygen atoms in total. The lowest BCUT2D eigenvalue weighted by molar-refractivity contribution is -0.0328. The molecular formula is C12H10F3NO3S2. The van der Waals surface area contributed by atoms with E-state index in [2.05, 4.69) is 4.98 Å². The van der Waals surface area contributed by atoms with E-state index in [1.165, 1.54) is 19.1 Å². The van der Waals surface area contributed by atoms with Crippen molar-refractivity contribution in [3.8, 4) is 0 Å². The first-order valence-electron chi connectivity index (χ1n) is 5.61. The summed E-state index contributed by atoms with van der Waals surface area (Å²) < 4.78 is 60.2. The number of aromatic amines is 1. The number of hydrogen-bond acceptors (Lipinski definition) is 4. The van der Waals surface area contributed by atoms with Gasteiger partial charge in [0.05, 0.1) is 5.52 Å². The Labute approximate surface area is 122 Å². The van der Waals surface area contributed by atoms with E-state index in [1.54, 1.807) is 0 Å². The van der Waals surface area contributed by atoms with Crippen molar-refractivity contribution in [1.82, 2.24) is 4.98 Å². The topological polar surface area (TPSA) is 67.0 Å². The van der Waals surface area contributed by atoms with Crippen LogP contribution in [-0.2, 0) is 9.84 Å². The Morgan fingerprint density at radius 1 is 1.24 bits per heavy atom. The van der Waals surface area contributed by atoms with Crippen molar-refractivity contribution in [1.29, 1.82) is 0 Å². The van der Waals surface area contributed by atoms with Gasteiger partial charge in [-0.3, -0.25) is 4.79 Å². The lowest BCUT2D eigenvalue weighted by Crippen LogP contribution is -2.17. The Morgan fingerprint density at radius 3 is 2.38 bits per heavy atom. The van der Waals surface area contributed by atoms with Crippen molar-refractivity contribution in [3.63, 3.8) is 0 Å². The Bertz CT molecular complexity index is 870. The molecule has 1 aromatic heterocycles. The van der Waals surface area contributed by atoms with Crippen LogP contribution in [0.4, 0.5) is 13.2 Å². The van der Waals surface area contributed by atoms with Crippen LogP contribution in [0.15, 0.2) is 32.8 Å². The SMILES string of the molecule is Cc1[nH]c2cc(SC(F)(F)F)ccc2c(=O)c1S(C)(=O)=O. The lowest BCUT2D eigenvalue weighted by atomic mass is 10.2. The average Bonchev–Trinajstić information content (AvgIpc) is 2.23. The number of aryl methyl sites for hydroxylation is 1. The predicted molar refractivity (Wildman–Crippen MR) is 74.3 cm³/mol. The average molecular weight is 337 g/mol. The third-order valence-corrected chi connectivity index (χ3v) is 4.66. The van der Waals surface area contributed by atoms with Gasteiger partial charge in [-0.05, 0) is 36.9 Å². The molecule has 0 amide bonds. The molecule has 0 aliphatic carbocycles. The number of fused-ring (bicyclic) bond motifs is 1. The standard InChI is InChI=1S/C12H10F3NO3S2/c1-6-11(21(2,18)19)10(17)8-4-3-7(5-9(8)16-6)20-12(13,14)15/h3-5H,1-2H3,(H,16,17). The van der Waals surface area contributed by atoms with Crippen LogP contribution in [0, 0.1) is 6.92 Å². The maximum absolute atomic E-state index is 12.3. The van der Waals surface area contributed by atoms with Crippen molar-refractivity contribution in [3.05, 3.63) is 34.1 Å². The first-order valence-corrected chi connectivity index (χ1v) is 8.32. The van der Waals surface area contributed by atoms with Gasteiger partial charge in [-0.25, -0.2) is 8.42 Å². The molecule has 21 heavy (non-hydrogen) atoms. The second-order valence-electron chi connectivity index (χ2n) is 4.44. The van der Waals surface area contributed by atoms with Crippen LogP contribution in [0.25, 0.3) is 10.9 Å². The zero-order chi connectivity index (χ0) is 16.0. The predicted octanol–water partition coefficient (Wildman–Crippen LogP) is 2.85. The molecule has 1 heterocycles. The van der Waals surface area contributed by atoms with E-state index in [9.17, 15) is 26.4 Å². The highest BCUT2D eigenvalue weighted by molar-refractivity contribution is 8.00. The number of H-pyrrole nitrogens is 1. The van der Waals surface area contributed by atoms with E-state index in [-0.39, 0.29) is 38.1 Å². The summed E-state index contributed by atoms with van der Waals surface area (Å²) in [4.78, 5) is 14.4. The smallest absolute Gasteiger partial charge is 0.357 e. The molecule has 114 valence electrons. The van der Waals surface area contributed by atoms with E-state index in [4.69, 9.17) is 0 Å². The minimum atomic E-state index is -4.43. The highest BCUT2D eigenvalue weighted by Crippen LogP contribution is 2.37. The fourth-order valence-corrected chi connectivity index (χ4v) is 3.65. The van der Waals surface area contributed by atoms with Crippen LogP contribution in [0.2, 0.25) is 0 Å². The molecule has 2 rings (SSSR count). The summed E-state index contributed by atoms with van der Waals surface area (Å²) in [5, 5.41) is 0.0348. The number of halogens is 3. The number of hydrogen-bond donors (Lipinski definition) is 1. The van der Waals surface area contributed by atoms with Gasteiger partial charge in [-0.1, -0.05) is 0 Å². The molecule has 0 aliphatic rings. The molecule has 1 N–H and O–H groups in total. The van der Waals surface area contributed by atoms with Crippen molar-refractivity contribution in [2.75, 3.05) is 6.26 Å². The fraction of sp³-hybridized carbons (Fsp3) is 0.250. The van der Waals surface area contributed by atoms with E-state index in [0.29, 0.717) is 0 Å². The van der Waals surface area contributed by atoms with Gasteiger partial charge in [0.15, 0.2) is 9.84 Å². The molecule has 9 heteroatoms. The zero-order valence-corrected chi connectivity index (χ0v) is 12.5. The second-order valence-corrected chi connectivity index (χ2v) is 7.53. The van der Waals surface area contributed by atoms with Gasteiger partial charge < -0.3 is 4.98 Å². The Hall–Kier alpha value is -1.48. The second kappa shape index (κ2) is 5.06. The van der Waals surface area contributed by atoms with Crippen LogP contribution < -0.4 is 5.43 Å². The van der Waals surface area contributed by atoms with Crippen LogP contribution in [0.5, 0.6) is 0 Å². The van der Waals surface area contributed by atoms with Crippen molar-refractivity contribution in [2.45, 2.75) is 22.2 Å². The maximum Gasteiger partial charge on any atom is 0.446 e. The summed E-state index contributed by atoms with van der Waals surface area (Å²) >= 11 is -0.303. The van der Waals surface area contributed by atoms with E-state index >= 15 is 0 Å². The van der Waals surface area contributed by atoms with Gasteiger partial charge in [-0.2, -0.15) is 13.2 Å². The molecule has 2 aromatic rings. The number of sulfone groups is 1. The highest BCUT2D eigenvalue weighted by Gasteiger charge is 2.29. The minimum Gasteiger partial charge on any atom is -0.357 e. The van der Waals surface area contributed by atoms with Gasteiger partial charge in [0.1, 0.15) is 4.90 Å². The summed E-state index contributed by atoms with van der Waals surface area (Å²) in [6, 6.07) is 3.50. The normalized spacial score (nSPS) is 12.8. The summed E-state index contributed by atoms with van der Waals surface area (Å²) in [5.74, 6) is 0. The summed E-state index contributed by atoms with van der Waals surface area (Å²) in [7, 11) is -3.72. The van der Waals surface area contributed by atoms with E-state index in [0.717, 1.165) is 12.3 Å². The molecule has 0 saturated carbocycles. The number of rotatable bonds is 2. The Morgan fingerprint density at radius 2 is 1.86 bits per heavy atom. The van der Waals surface area contributed by atoms with Crippen LogP contribution in [0.1, 0.15) is 5.69 Å². The third kappa shape index (κ3) is 3.41. The highest BCUT2D eigenvalue weighted by atomic mass is 32.2. The molecular weight excluding hydrogens is 327 g/mol. The lowest BCUT2D eigenvalue weighted by Gasteiger charge is -2.09. The molecule has 0 saturated heterocycles. The number of benzene rings is 1. The van der Waals surface area contributed by atoms with Crippen LogP contribution in [0.3, 0.4) is 0 Å². The number of nitrogens with one attached hydrogen (secondary N) is 1. The quantitative estimate of drug-likeness (QED) is 0.856. The van der Waals surface area contributed by atoms with E-state index < -0.39 is 20.8 Å². The van der Waals surface area contributed by atoms with Crippen LogP contribution in [-0.4, -0.2) is 25.2 Å². The van der Waals surface area contributed by atoms with Crippen molar-refractivity contribution in [2.24, 2.45) is 0 Å². The zero-order valence-electron chi connectivity index (χ0n) is 10.9. The third-order valence-electron chi connectivity index (χ3n) is 2.71. The maximum atomic E-state index is 12.3. The van der Waals surface area contributed by atoms with Gasteiger partial charge in [0.2, 0.25) is 5.43 Å². The molecule has 0 aliphatic heterocycles. The number of alkyl halides is 3. The summed E-state index contributed by atoms with van der Waals surface area (Å²) in [6.45, 7) is 1.39. The molecule has 1 aromatic carbocycles. The number of aromatic nitrogens is 1. The molecule has 0 bridgehead atoms. The molecule has 0 unspecified atom stereocenters. The minimum absolute atomic E-state index is 0.0348. The summed E-state index contributed by atoms with van der Waals surface area (Å²) in [6.07, 6.45) is 0.907. The number of pyridine rings is 1. The van der Waals surface area contributed by atoms with Gasteiger partial charge >= 0.3 is 5.51 Å².